The molecular weight excluding hydrogens is 216 g/mol. The minimum Gasteiger partial charge on any atom is -0.373 e. The Bertz CT molecular complexity index is 549. The highest BCUT2D eigenvalue weighted by Crippen LogP contribution is 2.35. The van der Waals surface area contributed by atoms with Crippen LogP contribution >= 0.6 is 0 Å². The number of rotatable bonds is 2. The number of benzene rings is 1. The molecular formula is C12H14N4O. The van der Waals surface area contributed by atoms with Crippen LogP contribution in [0.2, 0.25) is 0 Å². The molecule has 1 aliphatic heterocycles. The molecule has 0 unspecified atom stereocenters. The van der Waals surface area contributed by atoms with E-state index in [1.54, 1.807) is 0 Å². The molecule has 2 heterocycles. The molecule has 17 heavy (non-hydrogen) atoms. The maximum absolute atomic E-state index is 5.47. The Morgan fingerprint density at radius 3 is 3.12 bits per heavy atom. The summed E-state index contributed by atoms with van der Waals surface area (Å²) in [6.07, 6.45) is 1.07. The van der Waals surface area contributed by atoms with Crippen LogP contribution in [-0.4, -0.2) is 23.7 Å². The molecule has 0 atom stereocenters. The van der Waals surface area contributed by atoms with E-state index in [4.69, 9.17) is 10.3 Å². The first kappa shape index (κ1) is 10.3. The van der Waals surface area contributed by atoms with Gasteiger partial charge >= 0.3 is 0 Å². The summed E-state index contributed by atoms with van der Waals surface area (Å²) in [7, 11) is 2.08. The summed E-state index contributed by atoms with van der Waals surface area (Å²) in [5.41, 5.74) is 9.04. The number of aromatic nitrogens is 2. The summed E-state index contributed by atoms with van der Waals surface area (Å²) in [6, 6.07) is 6.20. The van der Waals surface area contributed by atoms with E-state index in [0.29, 0.717) is 11.7 Å². The lowest BCUT2D eigenvalue weighted by molar-refractivity contribution is 0.380. The highest BCUT2D eigenvalue weighted by atomic mass is 16.5. The van der Waals surface area contributed by atoms with Gasteiger partial charge in [0.1, 0.15) is 0 Å². The van der Waals surface area contributed by atoms with E-state index in [0.717, 1.165) is 18.5 Å². The number of nitrogens with zero attached hydrogens (tertiary/aromatic N) is 3. The van der Waals surface area contributed by atoms with Gasteiger partial charge in [0.2, 0.25) is 11.7 Å². The molecule has 2 aromatic rings. The zero-order valence-electron chi connectivity index (χ0n) is 9.68. The Hall–Kier alpha value is -1.88. The highest BCUT2D eigenvalue weighted by Gasteiger charge is 2.22. The van der Waals surface area contributed by atoms with Crippen molar-refractivity contribution in [3.63, 3.8) is 0 Å². The average molecular weight is 230 g/mol. The molecule has 5 heteroatoms. The van der Waals surface area contributed by atoms with Crippen molar-refractivity contribution in [2.75, 3.05) is 18.5 Å². The number of hydrogen-bond acceptors (Lipinski definition) is 5. The van der Waals surface area contributed by atoms with Crippen LogP contribution in [0.25, 0.3) is 11.4 Å². The van der Waals surface area contributed by atoms with Crippen molar-refractivity contribution in [2.24, 2.45) is 5.73 Å². The van der Waals surface area contributed by atoms with Gasteiger partial charge < -0.3 is 15.2 Å². The zero-order chi connectivity index (χ0) is 11.8. The third-order valence-electron chi connectivity index (χ3n) is 3.10. The van der Waals surface area contributed by atoms with Gasteiger partial charge in [-0.2, -0.15) is 4.98 Å². The molecule has 0 spiro atoms. The van der Waals surface area contributed by atoms with Crippen LogP contribution in [-0.2, 0) is 13.0 Å². The predicted molar refractivity (Wildman–Crippen MR) is 64.6 cm³/mol. The molecule has 0 aliphatic carbocycles. The molecule has 2 N–H and O–H groups in total. The van der Waals surface area contributed by atoms with Gasteiger partial charge in [-0.1, -0.05) is 17.3 Å². The molecule has 5 nitrogen and oxygen atoms in total. The summed E-state index contributed by atoms with van der Waals surface area (Å²) < 4.78 is 5.06. The van der Waals surface area contributed by atoms with Gasteiger partial charge in [-0.15, -0.1) is 0 Å². The second kappa shape index (κ2) is 3.85. The number of para-hydroxylation sites is 1. The molecule has 1 aromatic heterocycles. The number of nitrogens with two attached hydrogens (primary N) is 1. The third-order valence-corrected chi connectivity index (χ3v) is 3.10. The van der Waals surface area contributed by atoms with Crippen LogP contribution in [0.15, 0.2) is 22.7 Å². The molecule has 0 saturated carbocycles. The lowest BCUT2D eigenvalue weighted by Gasteiger charge is -2.14. The second-order valence-corrected chi connectivity index (χ2v) is 4.20. The van der Waals surface area contributed by atoms with Crippen molar-refractivity contribution >= 4 is 5.69 Å². The Labute approximate surface area is 99.2 Å². The number of likely N-dealkylation sites (N-methyl/N-ethyl adjacent to an activating group) is 1. The summed E-state index contributed by atoms with van der Waals surface area (Å²) in [5.74, 6) is 1.09. The predicted octanol–water partition coefficient (Wildman–Crippen LogP) is 1.19. The van der Waals surface area contributed by atoms with Gasteiger partial charge in [0.15, 0.2) is 0 Å². The molecule has 3 rings (SSSR count). The molecule has 0 amide bonds. The first-order valence-electron chi connectivity index (χ1n) is 5.65. The van der Waals surface area contributed by atoms with Crippen molar-refractivity contribution < 1.29 is 4.52 Å². The molecule has 88 valence electrons. The van der Waals surface area contributed by atoms with Crippen molar-refractivity contribution in [2.45, 2.75) is 13.0 Å². The number of anilines is 1. The quantitative estimate of drug-likeness (QED) is 0.839. The summed E-state index contributed by atoms with van der Waals surface area (Å²) >= 11 is 0. The SMILES string of the molecule is CN1CCc2cccc(-c3noc(CN)n3)c21. The van der Waals surface area contributed by atoms with Crippen LogP contribution in [0.4, 0.5) is 5.69 Å². The van der Waals surface area contributed by atoms with Crippen molar-refractivity contribution in [3.8, 4) is 11.4 Å². The lowest BCUT2D eigenvalue weighted by atomic mass is 10.1. The fourth-order valence-corrected chi connectivity index (χ4v) is 2.27. The third kappa shape index (κ3) is 1.59. The zero-order valence-corrected chi connectivity index (χ0v) is 9.68. The molecule has 0 saturated heterocycles. The van der Waals surface area contributed by atoms with E-state index >= 15 is 0 Å². The van der Waals surface area contributed by atoms with Crippen LogP contribution in [0.5, 0.6) is 0 Å². The van der Waals surface area contributed by atoms with Crippen LogP contribution in [0.1, 0.15) is 11.5 Å². The van der Waals surface area contributed by atoms with Gasteiger partial charge in [-0.25, -0.2) is 0 Å². The van der Waals surface area contributed by atoms with Crippen LogP contribution in [0, 0.1) is 0 Å². The molecule has 0 bridgehead atoms. The van der Waals surface area contributed by atoms with Gasteiger partial charge in [0.25, 0.3) is 0 Å². The van der Waals surface area contributed by atoms with Crippen LogP contribution in [0.3, 0.4) is 0 Å². The Morgan fingerprint density at radius 1 is 1.47 bits per heavy atom. The van der Waals surface area contributed by atoms with Crippen molar-refractivity contribution in [1.82, 2.24) is 10.1 Å². The van der Waals surface area contributed by atoms with Gasteiger partial charge in [0.05, 0.1) is 12.2 Å². The summed E-state index contributed by atoms with van der Waals surface area (Å²) in [5, 5.41) is 3.98. The number of hydrogen-bond donors (Lipinski definition) is 1. The topological polar surface area (TPSA) is 68.2 Å². The molecule has 0 fully saturated rings. The van der Waals surface area contributed by atoms with Gasteiger partial charge in [0, 0.05) is 19.2 Å². The minimum absolute atomic E-state index is 0.276. The monoisotopic (exact) mass is 230 g/mol. The van der Waals surface area contributed by atoms with E-state index < -0.39 is 0 Å². The smallest absolute Gasteiger partial charge is 0.240 e. The van der Waals surface area contributed by atoms with Crippen molar-refractivity contribution in [1.29, 1.82) is 0 Å². The van der Waals surface area contributed by atoms with Gasteiger partial charge in [-0.05, 0) is 18.1 Å². The second-order valence-electron chi connectivity index (χ2n) is 4.20. The Morgan fingerprint density at radius 2 is 2.35 bits per heavy atom. The lowest BCUT2D eigenvalue weighted by Crippen LogP contribution is -2.13. The standard InChI is InChI=1S/C12H14N4O/c1-16-6-5-8-3-2-4-9(11(8)16)12-14-10(7-13)17-15-12/h2-4H,5-7,13H2,1H3. The first-order chi connectivity index (χ1) is 8.29. The molecule has 0 radical (unpaired) electrons. The van der Waals surface area contributed by atoms with E-state index in [-0.39, 0.29) is 6.54 Å². The van der Waals surface area contributed by atoms with E-state index in [1.165, 1.54) is 11.3 Å². The summed E-state index contributed by atoms with van der Waals surface area (Å²) in [4.78, 5) is 6.51. The fourth-order valence-electron chi connectivity index (χ4n) is 2.27. The average Bonchev–Trinajstić information content (AvgIpc) is 2.96. The Balaban J connectivity index is 2.12. The highest BCUT2D eigenvalue weighted by molar-refractivity contribution is 5.78. The largest absolute Gasteiger partial charge is 0.373 e. The van der Waals surface area contributed by atoms with E-state index in [2.05, 4.69) is 28.2 Å². The molecule has 1 aromatic carbocycles. The maximum Gasteiger partial charge on any atom is 0.240 e. The summed E-state index contributed by atoms with van der Waals surface area (Å²) in [6.45, 7) is 1.31. The fraction of sp³-hybridized carbons (Fsp3) is 0.333. The van der Waals surface area contributed by atoms with Crippen LogP contribution < -0.4 is 10.6 Å². The molecule has 1 aliphatic rings. The van der Waals surface area contributed by atoms with E-state index in [1.807, 2.05) is 12.1 Å². The first-order valence-corrected chi connectivity index (χ1v) is 5.65. The minimum atomic E-state index is 0.276. The van der Waals surface area contributed by atoms with Gasteiger partial charge in [-0.3, -0.25) is 0 Å². The number of fused-ring (bicyclic) bond motifs is 1. The Kier molecular flexibility index (Phi) is 2.33. The normalized spacial score (nSPS) is 14.1. The van der Waals surface area contributed by atoms with E-state index in [9.17, 15) is 0 Å². The maximum atomic E-state index is 5.47. The van der Waals surface area contributed by atoms with Crippen molar-refractivity contribution in [3.05, 3.63) is 29.7 Å².